The van der Waals surface area contributed by atoms with Crippen molar-refractivity contribution in [3.63, 3.8) is 0 Å². The maximum absolute atomic E-state index is 5.00. The third-order valence-corrected chi connectivity index (χ3v) is 3.64. The quantitative estimate of drug-likeness (QED) is 0.191. The second-order valence-corrected chi connectivity index (χ2v) is 21.1. The van der Waals surface area contributed by atoms with Gasteiger partial charge in [0.1, 0.15) is 0 Å². The Morgan fingerprint density at radius 2 is 1.00 bits per heavy atom. The Labute approximate surface area is 181 Å². The van der Waals surface area contributed by atoms with E-state index in [9.17, 15) is 0 Å². The van der Waals surface area contributed by atoms with E-state index in [-0.39, 0.29) is 8.80 Å². The molecule has 0 saturated carbocycles. The Hall–Kier alpha value is 0.190. The summed E-state index contributed by atoms with van der Waals surface area (Å²) in [6.07, 6.45) is 0. The van der Waals surface area contributed by atoms with Crippen molar-refractivity contribution in [3.05, 3.63) is 91.0 Å². The molecular weight excluding hydrogens is 497 g/mol. The molecule has 0 unspecified atom stereocenters. The molecule has 0 fully saturated rings. The van der Waals surface area contributed by atoms with Crippen LogP contribution in [0.2, 0.25) is 19.6 Å². The summed E-state index contributed by atoms with van der Waals surface area (Å²) in [5.41, 5.74) is 0. The number of benzene rings is 2. The van der Waals surface area contributed by atoms with Gasteiger partial charge < -0.3 is 0 Å². The van der Waals surface area contributed by atoms with Gasteiger partial charge in [-0.05, 0) is 10.6 Å². The van der Waals surface area contributed by atoms with E-state index in [0.29, 0.717) is 0 Å². The summed E-state index contributed by atoms with van der Waals surface area (Å²) in [6, 6.07) is 31.2. The molecule has 3 rings (SSSR count). The van der Waals surface area contributed by atoms with Crippen LogP contribution in [0.25, 0.3) is 0 Å². The molecule has 0 saturated heterocycles. The molecule has 1 radical (unpaired) electrons. The molecule has 0 atom stereocenters. The van der Waals surface area contributed by atoms with Gasteiger partial charge in [0.15, 0.2) is 0 Å². The smallest absolute Gasteiger partial charge is 0.0226 e. The summed E-state index contributed by atoms with van der Waals surface area (Å²) in [5.74, 6) is 0. The molecular formula is C20H25Cl3PSiZr-. The first kappa shape index (κ1) is 26.2. The maximum atomic E-state index is 5.00. The Morgan fingerprint density at radius 3 is 1.23 bits per heavy atom. The zero-order valence-electron chi connectivity index (χ0n) is 15.3. The maximum Gasteiger partial charge on any atom is -0.0226 e. The van der Waals surface area contributed by atoms with Crippen LogP contribution >= 0.6 is 34.1 Å². The van der Waals surface area contributed by atoms with Crippen molar-refractivity contribution in [2.45, 2.75) is 19.6 Å². The molecule has 0 aliphatic rings. The van der Waals surface area contributed by atoms with Crippen molar-refractivity contribution in [1.82, 2.24) is 0 Å². The monoisotopic (exact) mass is 519 g/mol. The fraction of sp³-hybridized carbons (Fsp3) is 0.150. The van der Waals surface area contributed by atoms with Crippen molar-refractivity contribution in [2.75, 3.05) is 0 Å². The van der Waals surface area contributed by atoms with Crippen LogP contribution in [0, 0.1) is 0 Å². The molecule has 0 aliphatic carbocycles. The molecule has 0 bridgehead atoms. The van der Waals surface area contributed by atoms with E-state index >= 15 is 0 Å². The van der Waals surface area contributed by atoms with Crippen LogP contribution in [0.3, 0.4) is 0 Å². The van der Waals surface area contributed by atoms with Gasteiger partial charge in [-0.25, -0.2) is 12.1 Å². The van der Waals surface area contributed by atoms with Gasteiger partial charge in [-0.1, -0.05) is 88.9 Å². The molecule has 3 aromatic carbocycles. The van der Waals surface area contributed by atoms with Crippen LogP contribution in [0.15, 0.2) is 91.0 Å². The second kappa shape index (κ2) is 18.5. The van der Waals surface area contributed by atoms with E-state index < -0.39 is 18.2 Å². The van der Waals surface area contributed by atoms with Crippen LogP contribution in [0.5, 0.6) is 0 Å². The zero-order valence-corrected chi connectivity index (χ0v) is 22.0. The minimum absolute atomic E-state index is 0.120. The summed E-state index contributed by atoms with van der Waals surface area (Å²) < 4.78 is 0. The summed E-state index contributed by atoms with van der Waals surface area (Å²) in [5, 5.41) is 2.79. The summed E-state index contributed by atoms with van der Waals surface area (Å²) in [6.45, 7) is 6.81. The minimum atomic E-state index is -2.13. The topological polar surface area (TPSA) is 0 Å². The number of hydrogen-bond acceptors (Lipinski definition) is 0. The molecule has 0 spiro atoms. The fourth-order valence-corrected chi connectivity index (χ4v) is 2.58. The standard InChI is InChI=1S/C12H11P.C5H5.C3H9Si.3ClH.Zr/c1-3-7-11(8-4-1)13-12-9-5-2-6-10-12;1-2-4-5-3-1;1-4(2)3;;;;/h1-10,13H;1-5H;1-3H3;3*1H;/q;-1;;;;;+3/p-3. The van der Waals surface area contributed by atoms with Gasteiger partial charge >= 0.3 is 43.7 Å². The average Bonchev–Trinajstić information content (AvgIpc) is 3.15. The molecule has 3 aromatic rings. The van der Waals surface area contributed by atoms with Gasteiger partial charge in [0, 0.05) is 8.80 Å². The van der Waals surface area contributed by atoms with E-state index in [2.05, 4.69) is 80.3 Å². The fourth-order valence-electron chi connectivity index (χ4n) is 1.53. The van der Waals surface area contributed by atoms with E-state index in [4.69, 9.17) is 25.5 Å². The van der Waals surface area contributed by atoms with E-state index in [1.807, 2.05) is 30.3 Å². The van der Waals surface area contributed by atoms with Gasteiger partial charge in [0.2, 0.25) is 0 Å². The molecule has 0 N–H and O–H groups in total. The molecule has 0 nitrogen and oxygen atoms in total. The number of rotatable bonds is 2. The van der Waals surface area contributed by atoms with Crippen LogP contribution in [0.4, 0.5) is 0 Å². The molecule has 0 aromatic heterocycles. The molecule has 0 heterocycles. The molecule has 140 valence electrons. The molecule has 0 aliphatic heterocycles. The van der Waals surface area contributed by atoms with Crippen LogP contribution in [-0.4, -0.2) is 8.80 Å². The van der Waals surface area contributed by atoms with Gasteiger partial charge in [0.05, 0.1) is 0 Å². The zero-order chi connectivity index (χ0) is 19.6. The van der Waals surface area contributed by atoms with Crippen LogP contribution in [0.1, 0.15) is 0 Å². The minimum Gasteiger partial charge on any atom is -0.214 e. The summed E-state index contributed by atoms with van der Waals surface area (Å²) >= 11 is -2.13. The van der Waals surface area contributed by atoms with Crippen molar-refractivity contribution in [2.24, 2.45) is 0 Å². The van der Waals surface area contributed by atoms with Gasteiger partial charge in [0.25, 0.3) is 0 Å². The van der Waals surface area contributed by atoms with E-state index in [1.165, 1.54) is 10.6 Å². The first-order valence-electron chi connectivity index (χ1n) is 8.05. The Balaban J connectivity index is 0.000000397. The number of hydrogen-bond donors (Lipinski definition) is 0. The SMILES string of the molecule is C[Si](C)C.[Cl][Zr]([Cl])[Cl].c1cc[cH-]c1.c1ccc(Pc2ccccc2)cc1. The van der Waals surface area contributed by atoms with Gasteiger partial charge in [-0.2, -0.15) is 18.2 Å². The van der Waals surface area contributed by atoms with E-state index in [1.54, 1.807) is 0 Å². The van der Waals surface area contributed by atoms with Gasteiger partial charge in [-0.15, -0.1) is 0 Å². The Bertz CT molecular complexity index is 554. The third kappa shape index (κ3) is 20.5. The Kier molecular flexibility index (Phi) is 18.7. The first-order valence-corrected chi connectivity index (χ1v) is 21.6. The number of halogens is 3. The largest absolute Gasteiger partial charge is 0.214 e. The predicted molar refractivity (Wildman–Crippen MR) is 123 cm³/mol. The molecule has 6 heteroatoms. The molecule has 0 amide bonds. The first-order chi connectivity index (χ1) is 12.4. The van der Waals surface area contributed by atoms with Crippen molar-refractivity contribution in [1.29, 1.82) is 0 Å². The molecule has 26 heavy (non-hydrogen) atoms. The van der Waals surface area contributed by atoms with E-state index in [0.717, 1.165) is 8.58 Å². The van der Waals surface area contributed by atoms with Crippen LogP contribution in [-0.2, 0) is 18.2 Å². The van der Waals surface area contributed by atoms with Gasteiger partial charge in [-0.3, -0.25) is 0 Å². The second-order valence-electron chi connectivity index (χ2n) is 5.53. The van der Waals surface area contributed by atoms with Crippen molar-refractivity contribution >= 4 is 53.5 Å². The average molecular weight is 522 g/mol. The normalized spacial score (nSPS) is 8.88. The van der Waals surface area contributed by atoms with Crippen molar-refractivity contribution < 1.29 is 18.2 Å². The van der Waals surface area contributed by atoms with Crippen LogP contribution < -0.4 is 10.6 Å². The summed E-state index contributed by atoms with van der Waals surface area (Å²) in [7, 11) is 15.9. The third-order valence-electron chi connectivity index (χ3n) is 2.39. The predicted octanol–water partition coefficient (Wildman–Crippen LogP) is 7.16. The summed E-state index contributed by atoms with van der Waals surface area (Å²) in [4.78, 5) is 0. The Morgan fingerprint density at radius 1 is 0.692 bits per heavy atom. The van der Waals surface area contributed by atoms with Crippen molar-refractivity contribution in [3.8, 4) is 0 Å².